The minimum absolute atomic E-state index is 0.197. The van der Waals surface area contributed by atoms with Gasteiger partial charge in [-0.1, -0.05) is 55.5 Å². The Morgan fingerprint density at radius 3 is 2.59 bits per heavy atom. The van der Waals surface area contributed by atoms with Crippen molar-refractivity contribution >= 4 is 11.6 Å². The quantitative estimate of drug-likeness (QED) is 0.846. The molecule has 2 aromatic carbocycles. The molecule has 1 heterocycles. The summed E-state index contributed by atoms with van der Waals surface area (Å²) < 4.78 is 0. The fourth-order valence-corrected chi connectivity index (χ4v) is 3.00. The van der Waals surface area contributed by atoms with Gasteiger partial charge in [0.1, 0.15) is 0 Å². The van der Waals surface area contributed by atoms with Gasteiger partial charge in [-0.25, -0.2) is 0 Å². The highest BCUT2D eigenvalue weighted by molar-refractivity contribution is 5.96. The summed E-state index contributed by atoms with van der Waals surface area (Å²) in [6.45, 7) is 5.07. The van der Waals surface area contributed by atoms with Gasteiger partial charge < -0.3 is 4.90 Å². The molecule has 0 N–H and O–H groups in total. The van der Waals surface area contributed by atoms with E-state index in [1.807, 2.05) is 41.3 Å². The normalized spacial score (nSPS) is 13.5. The van der Waals surface area contributed by atoms with Crippen LogP contribution in [0.25, 0.3) is 0 Å². The molecule has 2 aromatic rings. The standard InChI is InChI=1S/C19H22N2O/c1-2-20(14-16-8-4-3-5-9-16)15-19(22)21-13-12-17-10-6-7-11-18(17)21/h3-11H,2,12-15H2,1H3. The molecule has 3 rings (SSSR count). The van der Waals surface area contributed by atoms with Crippen LogP contribution in [0.4, 0.5) is 5.69 Å². The number of hydrogen-bond acceptors (Lipinski definition) is 2. The molecule has 1 aliphatic rings. The summed E-state index contributed by atoms with van der Waals surface area (Å²) in [7, 11) is 0. The van der Waals surface area contributed by atoms with Gasteiger partial charge in [-0.15, -0.1) is 0 Å². The molecule has 0 aromatic heterocycles. The molecule has 0 saturated carbocycles. The summed E-state index contributed by atoms with van der Waals surface area (Å²) >= 11 is 0. The van der Waals surface area contributed by atoms with Gasteiger partial charge in [0.25, 0.3) is 0 Å². The number of anilines is 1. The van der Waals surface area contributed by atoms with E-state index in [1.54, 1.807) is 0 Å². The minimum atomic E-state index is 0.197. The first kappa shape index (κ1) is 14.8. The van der Waals surface area contributed by atoms with E-state index in [0.29, 0.717) is 6.54 Å². The molecule has 0 saturated heterocycles. The smallest absolute Gasteiger partial charge is 0.241 e. The summed E-state index contributed by atoms with van der Waals surface area (Å²) in [4.78, 5) is 16.8. The zero-order chi connectivity index (χ0) is 15.4. The number of carbonyl (C=O) groups excluding carboxylic acids is 1. The van der Waals surface area contributed by atoms with Crippen molar-refractivity contribution in [1.29, 1.82) is 0 Å². The lowest BCUT2D eigenvalue weighted by Gasteiger charge is -2.24. The monoisotopic (exact) mass is 294 g/mol. The second kappa shape index (κ2) is 6.75. The van der Waals surface area contributed by atoms with Crippen molar-refractivity contribution in [3.8, 4) is 0 Å². The molecule has 114 valence electrons. The highest BCUT2D eigenvalue weighted by Crippen LogP contribution is 2.27. The van der Waals surface area contributed by atoms with E-state index >= 15 is 0 Å². The van der Waals surface area contributed by atoms with Crippen LogP contribution in [0, 0.1) is 0 Å². The van der Waals surface area contributed by atoms with E-state index < -0.39 is 0 Å². The van der Waals surface area contributed by atoms with Crippen LogP contribution in [-0.2, 0) is 17.8 Å². The number of amides is 1. The zero-order valence-electron chi connectivity index (χ0n) is 13.0. The molecule has 1 aliphatic heterocycles. The Kier molecular flexibility index (Phi) is 4.54. The molecule has 22 heavy (non-hydrogen) atoms. The van der Waals surface area contributed by atoms with Crippen molar-refractivity contribution in [2.75, 3.05) is 24.5 Å². The van der Waals surface area contributed by atoms with Crippen LogP contribution in [0.15, 0.2) is 54.6 Å². The van der Waals surface area contributed by atoms with Crippen LogP contribution < -0.4 is 4.90 Å². The van der Waals surface area contributed by atoms with Gasteiger partial charge >= 0.3 is 0 Å². The van der Waals surface area contributed by atoms with E-state index in [0.717, 1.165) is 31.7 Å². The summed E-state index contributed by atoms with van der Waals surface area (Å²) in [5.74, 6) is 0.197. The van der Waals surface area contributed by atoms with Crippen LogP contribution >= 0.6 is 0 Å². The molecule has 0 radical (unpaired) electrons. The van der Waals surface area contributed by atoms with Crippen molar-refractivity contribution in [3.63, 3.8) is 0 Å². The highest BCUT2D eigenvalue weighted by atomic mass is 16.2. The molecule has 0 aliphatic carbocycles. The van der Waals surface area contributed by atoms with Crippen molar-refractivity contribution < 1.29 is 4.79 Å². The molecule has 0 spiro atoms. The number of fused-ring (bicyclic) bond motifs is 1. The van der Waals surface area contributed by atoms with Gasteiger partial charge in [-0.3, -0.25) is 9.69 Å². The third kappa shape index (κ3) is 3.20. The number of rotatable bonds is 5. The fraction of sp³-hybridized carbons (Fsp3) is 0.316. The number of nitrogens with zero attached hydrogens (tertiary/aromatic N) is 2. The largest absolute Gasteiger partial charge is 0.311 e. The number of para-hydroxylation sites is 1. The van der Waals surface area contributed by atoms with Crippen molar-refractivity contribution in [1.82, 2.24) is 4.90 Å². The molecule has 0 bridgehead atoms. The molecule has 0 atom stereocenters. The summed E-state index contributed by atoms with van der Waals surface area (Å²) in [5.41, 5.74) is 3.61. The molecular weight excluding hydrogens is 272 g/mol. The Labute approximate surface area is 132 Å². The fourth-order valence-electron chi connectivity index (χ4n) is 3.00. The van der Waals surface area contributed by atoms with Gasteiger partial charge in [0, 0.05) is 18.8 Å². The Morgan fingerprint density at radius 1 is 1.09 bits per heavy atom. The van der Waals surface area contributed by atoms with Crippen LogP contribution in [-0.4, -0.2) is 30.4 Å². The zero-order valence-corrected chi connectivity index (χ0v) is 13.0. The lowest BCUT2D eigenvalue weighted by molar-refractivity contribution is -0.119. The van der Waals surface area contributed by atoms with Gasteiger partial charge in [0.15, 0.2) is 0 Å². The van der Waals surface area contributed by atoms with Gasteiger partial charge in [-0.2, -0.15) is 0 Å². The predicted molar refractivity (Wildman–Crippen MR) is 89.9 cm³/mol. The van der Waals surface area contributed by atoms with Gasteiger partial charge in [0.2, 0.25) is 5.91 Å². The van der Waals surface area contributed by atoms with E-state index in [2.05, 4.69) is 30.0 Å². The number of likely N-dealkylation sites (N-methyl/N-ethyl adjacent to an activating group) is 1. The summed E-state index contributed by atoms with van der Waals surface area (Å²) in [5, 5.41) is 0. The van der Waals surface area contributed by atoms with Crippen LogP contribution in [0.5, 0.6) is 0 Å². The van der Waals surface area contributed by atoms with Crippen LogP contribution in [0.1, 0.15) is 18.1 Å². The Balaban J connectivity index is 1.66. The Bertz CT molecular complexity index is 639. The number of carbonyl (C=O) groups is 1. The van der Waals surface area contributed by atoms with E-state index in [4.69, 9.17) is 0 Å². The van der Waals surface area contributed by atoms with E-state index in [-0.39, 0.29) is 5.91 Å². The van der Waals surface area contributed by atoms with E-state index in [1.165, 1.54) is 11.1 Å². The average molecular weight is 294 g/mol. The molecule has 0 unspecified atom stereocenters. The molecule has 1 amide bonds. The number of hydrogen-bond donors (Lipinski definition) is 0. The van der Waals surface area contributed by atoms with E-state index in [9.17, 15) is 4.79 Å². The van der Waals surface area contributed by atoms with Gasteiger partial charge in [-0.05, 0) is 30.2 Å². The van der Waals surface area contributed by atoms with Crippen molar-refractivity contribution in [2.24, 2.45) is 0 Å². The molecule has 0 fully saturated rings. The maximum absolute atomic E-state index is 12.7. The number of benzene rings is 2. The van der Waals surface area contributed by atoms with Gasteiger partial charge in [0.05, 0.1) is 6.54 Å². The maximum Gasteiger partial charge on any atom is 0.241 e. The molecule has 3 nitrogen and oxygen atoms in total. The minimum Gasteiger partial charge on any atom is -0.311 e. The average Bonchev–Trinajstić information content (AvgIpc) is 2.99. The summed E-state index contributed by atoms with van der Waals surface area (Å²) in [6.07, 6.45) is 0.965. The first-order valence-electron chi connectivity index (χ1n) is 7.92. The second-order valence-electron chi connectivity index (χ2n) is 5.71. The first-order valence-corrected chi connectivity index (χ1v) is 7.92. The second-order valence-corrected chi connectivity index (χ2v) is 5.71. The topological polar surface area (TPSA) is 23.6 Å². The predicted octanol–water partition coefficient (Wildman–Crippen LogP) is 3.10. The maximum atomic E-state index is 12.7. The lowest BCUT2D eigenvalue weighted by Crippen LogP contribution is -2.39. The Hall–Kier alpha value is -2.13. The van der Waals surface area contributed by atoms with Crippen molar-refractivity contribution in [2.45, 2.75) is 19.9 Å². The summed E-state index contributed by atoms with van der Waals surface area (Å²) in [6, 6.07) is 18.5. The first-order chi connectivity index (χ1) is 10.8. The third-order valence-electron chi connectivity index (χ3n) is 4.24. The van der Waals surface area contributed by atoms with Crippen LogP contribution in [0.3, 0.4) is 0 Å². The highest BCUT2D eigenvalue weighted by Gasteiger charge is 2.25. The lowest BCUT2D eigenvalue weighted by atomic mass is 10.2. The van der Waals surface area contributed by atoms with Crippen LogP contribution in [0.2, 0.25) is 0 Å². The SMILES string of the molecule is CCN(CC(=O)N1CCc2ccccc21)Cc1ccccc1. The Morgan fingerprint density at radius 2 is 1.82 bits per heavy atom. The van der Waals surface area contributed by atoms with Crippen molar-refractivity contribution in [3.05, 3.63) is 65.7 Å². The molecule has 3 heteroatoms. The molecular formula is C19H22N2O. The third-order valence-corrected chi connectivity index (χ3v) is 4.24.